The molecule has 1 saturated heterocycles. The van der Waals surface area contributed by atoms with Gasteiger partial charge in [-0.1, -0.05) is 0 Å². The molecule has 2 rings (SSSR count). The third-order valence-electron chi connectivity index (χ3n) is 2.63. The Bertz CT molecular complexity index is 277. The van der Waals surface area contributed by atoms with Crippen LogP contribution in [-0.4, -0.2) is 42.4 Å². The van der Waals surface area contributed by atoms with E-state index in [0.29, 0.717) is 0 Å². The van der Waals surface area contributed by atoms with Crippen LogP contribution in [0.15, 0.2) is 0 Å². The number of rotatable bonds is 3. The number of amides is 2. The molecule has 2 aliphatic rings. The second-order valence-electron chi connectivity index (χ2n) is 3.98. The molecule has 1 heterocycles. The summed E-state index contributed by atoms with van der Waals surface area (Å²) in [4.78, 5) is 22.1. The SMILES string of the molecule is O=C(NC1CC1)NC1COCC1C(=O)O. The average Bonchev–Trinajstić information content (AvgIpc) is 2.82. The van der Waals surface area contributed by atoms with E-state index in [4.69, 9.17) is 9.84 Å². The lowest BCUT2D eigenvalue weighted by molar-refractivity contribution is -0.142. The monoisotopic (exact) mass is 214 g/mol. The Hall–Kier alpha value is -1.30. The fourth-order valence-electron chi connectivity index (χ4n) is 1.56. The van der Waals surface area contributed by atoms with Gasteiger partial charge in [-0.2, -0.15) is 0 Å². The molecule has 0 bridgehead atoms. The summed E-state index contributed by atoms with van der Waals surface area (Å²) in [7, 11) is 0. The smallest absolute Gasteiger partial charge is 0.315 e. The molecule has 2 amide bonds. The number of aliphatic carboxylic acids is 1. The molecule has 6 nitrogen and oxygen atoms in total. The van der Waals surface area contributed by atoms with Gasteiger partial charge >= 0.3 is 12.0 Å². The molecule has 1 saturated carbocycles. The lowest BCUT2D eigenvalue weighted by Gasteiger charge is -2.15. The van der Waals surface area contributed by atoms with Gasteiger partial charge in [-0.05, 0) is 12.8 Å². The van der Waals surface area contributed by atoms with E-state index in [-0.39, 0.29) is 25.3 Å². The number of hydrogen-bond acceptors (Lipinski definition) is 3. The van der Waals surface area contributed by atoms with E-state index in [1.807, 2.05) is 0 Å². The van der Waals surface area contributed by atoms with Gasteiger partial charge in [0.2, 0.25) is 0 Å². The molecule has 6 heteroatoms. The van der Waals surface area contributed by atoms with Crippen LogP contribution in [0.2, 0.25) is 0 Å². The molecule has 1 aliphatic carbocycles. The van der Waals surface area contributed by atoms with E-state index in [0.717, 1.165) is 12.8 Å². The molecule has 2 fully saturated rings. The van der Waals surface area contributed by atoms with Crippen LogP contribution < -0.4 is 10.6 Å². The standard InChI is InChI=1S/C9H14N2O4/c12-8(13)6-3-15-4-7(6)11-9(14)10-5-1-2-5/h5-7H,1-4H2,(H,12,13)(H2,10,11,14). The normalized spacial score (nSPS) is 29.9. The van der Waals surface area contributed by atoms with Crippen molar-refractivity contribution >= 4 is 12.0 Å². The van der Waals surface area contributed by atoms with E-state index in [1.165, 1.54) is 0 Å². The number of carboxylic acid groups (broad SMARTS) is 1. The molecule has 0 aromatic heterocycles. The number of nitrogens with one attached hydrogen (secondary N) is 2. The predicted octanol–water partition coefficient (Wildman–Crippen LogP) is -0.452. The lowest BCUT2D eigenvalue weighted by Crippen LogP contribution is -2.47. The van der Waals surface area contributed by atoms with E-state index in [1.54, 1.807) is 0 Å². The van der Waals surface area contributed by atoms with E-state index < -0.39 is 17.9 Å². The Balaban J connectivity index is 1.81. The summed E-state index contributed by atoms with van der Waals surface area (Å²) < 4.78 is 5.03. The molecular formula is C9H14N2O4. The summed E-state index contributed by atoms with van der Waals surface area (Å²) in [5.41, 5.74) is 0. The summed E-state index contributed by atoms with van der Waals surface area (Å²) >= 11 is 0. The van der Waals surface area contributed by atoms with Gasteiger partial charge in [0.25, 0.3) is 0 Å². The van der Waals surface area contributed by atoms with Gasteiger partial charge in [-0.25, -0.2) is 4.79 Å². The predicted molar refractivity (Wildman–Crippen MR) is 50.4 cm³/mol. The zero-order valence-electron chi connectivity index (χ0n) is 8.23. The third kappa shape index (κ3) is 2.59. The van der Waals surface area contributed by atoms with E-state index in [2.05, 4.69) is 10.6 Å². The Morgan fingerprint density at radius 2 is 1.93 bits per heavy atom. The topological polar surface area (TPSA) is 87.7 Å². The molecule has 2 atom stereocenters. The fraction of sp³-hybridized carbons (Fsp3) is 0.778. The quantitative estimate of drug-likeness (QED) is 0.593. The van der Waals surface area contributed by atoms with Crippen molar-refractivity contribution in [1.29, 1.82) is 0 Å². The van der Waals surface area contributed by atoms with Crippen LogP contribution in [0.5, 0.6) is 0 Å². The van der Waals surface area contributed by atoms with Crippen LogP contribution in [0.1, 0.15) is 12.8 Å². The van der Waals surface area contributed by atoms with Gasteiger partial charge in [0.1, 0.15) is 5.92 Å². The van der Waals surface area contributed by atoms with E-state index in [9.17, 15) is 9.59 Å². The third-order valence-corrected chi connectivity index (χ3v) is 2.63. The van der Waals surface area contributed by atoms with Gasteiger partial charge in [0.05, 0.1) is 19.3 Å². The van der Waals surface area contributed by atoms with Crippen molar-refractivity contribution in [1.82, 2.24) is 10.6 Å². The summed E-state index contributed by atoms with van der Waals surface area (Å²) in [6, 6.07) is -0.434. The van der Waals surface area contributed by atoms with Crippen LogP contribution in [0.4, 0.5) is 4.79 Å². The highest BCUT2D eigenvalue weighted by molar-refractivity contribution is 5.77. The molecular weight excluding hydrogens is 200 g/mol. The van der Waals surface area contributed by atoms with Gasteiger partial charge in [0, 0.05) is 6.04 Å². The number of ether oxygens (including phenoxy) is 1. The minimum atomic E-state index is -0.927. The molecule has 3 N–H and O–H groups in total. The second-order valence-corrected chi connectivity index (χ2v) is 3.98. The van der Waals surface area contributed by atoms with Gasteiger partial charge in [-0.15, -0.1) is 0 Å². The molecule has 15 heavy (non-hydrogen) atoms. The first kappa shape index (κ1) is 10.2. The summed E-state index contributed by atoms with van der Waals surface area (Å²) in [6.07, 6.45) is 2.02. The van der Waals surface area contributed by atoms with Crippen molar-refractivity contribution < 1.29 is 19.4 Å². The second kappa shape index (κ2) is 4.06. The zero-order chi connectivity index (χ0) is 10.8. The van der Waals surface area contributed by atoms with E-state index >= 15 is 0 Å². The van der Waals surface area contributed by atoms with Crippen molar-refractivity contribution in [2.45, 2.75) is 24.9 Å². The Kier molecular flexibility index (Phi) is 2.77. The van der Waals surface area contributed by atoms with Gasteiger partial charge in [0.15, 0.2) is 0 Å². The molecule has 0 aromatic rings. The maximum Gasteiger partial charge on any atom is 0.315 e. The van der Waals surface area contributed by atoms with Crippen LogP contribution in [0.25, 0.3) is 0 Å². The highest BCUT2D eigenvalue weighted by Crippen LogP contribution is 2.19. The van der Waals surface area contributed by atoms with Crippen LogP contribution in [0, 0.1) is 5.92 Å². The Labute approximate surface area is 87.0 Å². The number of hydrogen-bond donors (Lipinski definition) is 3. The minimum absolute atomic E-state index is 0.170. The summed E-state index contributed by atoms with van der Waals surface area (Å²) in [5.74, 6) is -1.56. The van der Waals surface area contributed by atoms with Gasteiger partial charge < -0.3 is 20.5 Å². The lowest BCUT2D eigenvalue weighted by atomic mass is 10.0. The summed E-state index contributed by atoms with van der Waals surface area (Å²) in [5, 5.41) is 14.2. The molecule has 0 radical (unpaired) electrons. The van der Waals surface area contributed by atoms with Gasteiger partial charge in [-0.3, -0.25) is 4.79 Å². The van der Waals surface area contributed by atoms with Crippen molar-refractivity contribution in [3.05, 3.63) is 0 Å². The first-order chi connectivity index (χ1) is 7.16. The largest absolute Gasteiger partial charge is 0.481 e. The molecule has 2 unspecified atom stereocenters. The number of urea groups is 1. The zero-order valence-corrected chi connectivity index (χ0v) is 8.23. The van der Waals surface area contributed by atoms with Crippen molar-refractivity contribution in [2.75, 3.05) is 13.2 Å². The fourth-order valence-corrected chi connectivity index (χ4v) is 1.56. The van der Waals surface area contributed by atoms with Crippen molar-refractivity contribution in [2.24, 2.45) is 5.92 Å². The molecule has 84 valence electrons. The summed E-state index contributed by atoms with van der Waals surface area (Å²) in [6.45, 7) is 0.443. The number of carbonyl (C=O) groups is 2. The number of carboxylic acids is 1. The maximum absolute atomic E-state index is 11.3. The first-order valence-electron chi connectivity index (χ1n) is 5.04. The number of carbonyl (C=O) groups excluding carboxylic acids is 1. The Morgan fingerprint density at radius 1 is 1.20 bits per heavy atom. The molecule has 1 aliphatic heterocycles. The van der Waals surface area contributed by atoms with Crippen molar-refractivity contribution in [3.8, 4) is 0 Å². The minimum Gasteiger partial charge on any atom is -0.481 e. The highest BCUT2D eigenvalue weighted by atomic mass is 16.5. The van der Waals surface area contributed by atoms with Crippen molar-refractivity contribution in [3.63, 3.8) is 0 Å². The van der Waals surface area contributed by atoms with Crippen LogP contribution in [-0.2, 0) is 9.53 Å². The maximum atomic E-state index is 11.3. The highest BCUT2D eigenvalue weighted by Gasteiger charge is 2.35. The van der Waals surface area contributed by atoms with Crippen LogP contribution >= 0.6 is 0 Å². The average molecular weight is 214 g/mol. The molecule has 0 aromatic carbocycles. The molecule has 0 spiro atoms. The van der Waals surface area contributed by atoms with Crippen LogP contribution in [0.3, 0.4) is 0 Å². The first-order valence-corrected chi connectivity index (χ1v) is 5.04. The Morgan fingerprint density at radius 3 is 2.53 bits per heavy atom.